The highest BCUT2D eigenvalue weighted by atomic mass is 79.9. The van der Waals surface area contributed by atoms with Crippen molar-refractivity contribution in [3.8, 4) is 11.4 Å². The first-order chi connectivity index (χ1) is 11.5. The number of rotatable bonds is 5. The standard InChI is InChI=1S/C16H15BrN4O2S/c1-10-13(6-7-23-10)15-19-20-16(21(15)2)24-9-14(22)18-12-5-3-4-11(17)8-12/h3-8H,9H2,1-2H3,(H,18,22). The highest BCUT2D eigenvalue weighted by Crippen LogP contribution is 2.26. The number of amides is 1. The molecule has 0 saturated carbocycles. The molecule has 1 aromatic carbocycles. The number of nitrogens with zero attached hydrogens (tertiary/aromatic N) is 3. The Bertz CT molecular complexity index is 875. The Kier molecular flexibility index (Phi) is 5.06. The van der Waals surface area contributed by atoms with Gasteiger partial charge in [-0.3, -0.25) is 4.79 Å². The third-order valence-corrected chi connectivity index (χ3v) is 4.89. The van der Waals surface area contributed by atoms with Gasteiger partial charge in [-0.15, -0.1) is 10.2 Å². The summed E-state index contributed by atoms with van der Waals surface area (Å²) in [5.41, 5.74) is 1.65. The van der Waals surface area contributed by atoms with Crippen LogP contribution in [-0.2, 0) is 11.8 Å². The molecule has 0 radical (unpaired) electrons. The molecule has 0 aliphatic rings. The van der Waals surface area contributed by atoms with Crippen molar-refractivity contribution in [2.75, 3.05) is 11.1 Å². The van der Waals surface area contributed by atoms with Crippen LogP contribution in [0.2, 0.25) is 0 Å². The van der Waals surface area contributed by atoms with Crippen molar-refractivity contribution < 1.29 is 9.21 Å². The minimum atomic E-state index is -0.0952. The van der Waals surface area contributed by atoms with E-state index in [4.69, 9.17) is 4.42 Å². The highest BCUT2D eigenvalue weighted by Gasteiger charge is 2.15. The highest BCUT2D eigenvalue weighted by molar-refractivity contribution is 9.10. The fourth-order valence-electron chi connectivity index (χ4n) is 2.19. The van der Waals surface area contributed by atoms with E-state index in [1.807, 2.05) is 48.9 Å². The van der Waals surface area contributed by atoms with Gasteiger partial charge in [0, 0.05) is 17.2 Å². The molecule has 0 fully saturated rings. The van der Waals surface area contributed by atoms with Crippen LogP contribution in [0.4, 0.5) is 5.69 Å². The Labute approximate surface area is 151 Å². The topological polar surface area (TPSA) is 72.9 Å². The quantitative estimate of drug-likeness (QED) is 0.650. The summed E-state index contributed by atoms with van der Waals surface area (Å²) in [6, 6.07) is 9.33. The maximum Gasteiger partial charge on any atom is 0.234 e. The van der Waals surface area contributed by atoms with Gasteiger partial charge in [0.15, 0.2) is 11.0 Å². The molecular formula is C16H15BrN4O2S. The second-order valence-electron chi connectivity index (χ2n) is 5.10. The number of halogens is 1. The van der Waals surface area contributed by atoms with Crippen molar-refractivity contribution in [3.05, 3.63) is 46.8 Å². The predicted molar refractivity (Wildman–Crippen MR) is 96.9 cm³/mol. The minimum absolute atomic E-state index is 0.0952. The third-order valence-electron chi connectivity index (χ3n) is 3.38. The van der Waals surface area contributed by atoms with Crippen LogP contribution >= 0.6 is 27.7 Å². The molecule has 2 aromatic heterocycles. The van der Waals surface area contributed by atoms with Gasteiger partial charge in [-0.1, -0.05) is 33.8 Å². The van der Waals surface area contributed by atoms with Crippen molar-refractivity contribution in [2.24, 2.45) is 7.05 Å². The summed E-state index contributed by atoms with van der Waals surface area (Å²) < 4.78 is 8.08. The van der Waals surface area contributed by atoms with Crippen molar-refractivity contribution in [3.63, 3.8) is 0 Å². The number of hydrogen-bond acceptors (Lipinski definition) is 5. The lowest BCUT2D eigenvalue weighted by Gasteiger charge is -2.06. The summed E-state index contributed by atoms with van der Waals surface area (Å²) in [5.74, 6) is 1.66. The molecule has 3 rings (SSSR count). The Hall–Kier alpha value is -2.06. The van der Waals surface area contributed by atoms with Gasteiger partial charge in [-0.25, -0.2) is 0 Å². The maximum absolute atomic E-state index is 12.1. The molecule has 0 aliphatic carbocycles. The Balaban J connectivity index is 1.64. The van der Waals surface area contributed by atoms with Gasteiger partial charge >= 0.3 is 0 Å². The van der Waals surface area contributed by atoms with E-state index in [0.717, 1.165) is 27.3 Å². The molecule has 8 heteroatoms. The number of thioether (sulfide) groups is 1. The number of carbonyl (C=O) groups is 1. The lowest BCUT2D eigenvalue weighted by molar-refractivity contribution is -0.113. The van der Waals surface area contributed by atoms with Gasteiger partial charge in [-0.05, 0) is 31.2 Å². The number of anilines is 1. The molecule has 1 N–H and O–H groups in total. The van der Waals surface area contributed by atoms with Crippen LogP contribution in [0.5, 0.6) is 0 Å². The first-order valence-corrected chi connectivity index (χ1v) is 8.94. The molecule has 0 saturated heterocycles. The van der Waals surface area contributed by atoms with Crippen LogP contribution in [0.3, 0.4) is 0 Å². The second kappa shape index (κ2) is 7.23. The summed E-state index contributed by atoms with van der Waals surface area (Å²) in [4.78, 5) is 12.1. The Morgan fingerprint density at radius 2 is 2.21 bits per heavy atom. The lowest BCUT2D eigenvalue weighted by Crippen LogP contribution is -2.14. The lowest BCUT2D eigenvalue weighted by atomic mass is 10.2. The van der Waals surface area contributed by atoms with Crippen LogP contribution in [0, 0.1) is 6.92 Å². The van der Waals surface area contributed by atoms with Crippen LogP contribution in [0.1, 0.15) is 5.76 Å². The Morgan fingerprint density at radius 3 is 2.92 bits per heavy atom. The third kappa shape index (κ3) is 3.70. The van der Waals surface area contributed by atoms with Gasteiger partial charge in [0.25, 0.3) is 0 Å². The number of benzene rings is 1. The molecule has 0 spiro atoms. The molecule has 0 unspecified atom stereocenters. The summed E-state index contributed by atoms with van der Waals surface area (Å²) in [5, 5.41) is 11.9. The van der Waals surface area contributed by atoms with Crippen molar-refractivity contribution in [2.45, 2.75) is 12.1 Å². The summed E-state index contributed by atoms with van der Waals surface area (Å²) in [6.07, 6.45) is 1.62. The average molecular weight is 407 g/mol. The SMILES string of the molecule is Cc1occc1-c1nnc(SCC(=O)Nc2cccc(Br)c2)n1C. The molecular weight excluding hydrogens is 392 g/mol. The van der Waals surface area contributed by atoms with Gasteiger partial charge < -0.3 is 14.3 Å². The Morgan fingerprint density at radius 1 is 1.38 bits per heavy atom. The largest absolute Gasteiger partial charge is 0.469 e. The summed E-state index contributed by atoms with van der Waals surface area (Å²) >= 11 is 4.72. The zero-order chi connectivity index (χ0) is 17.1. The van der Waals surface area contributed by atoms with E-state index >= 15 is 0 Å². The number of furan rings is 1. The van der Waals surface area contributed by atoms with Crippen LogP contribution in [0.25, 0.3) is 11.4 Å². The van der Waals surface area contributed by atoms with Crippen molar-refractivity contribution in [1.29, 1.82) is 0 Å². The van der Waals surface area contributed by atoms with E-state index in [2.05, 4.69) is 31.4 Å². The van der Waals surface area contributed by atoms with Crippen LogP contribution in [0.15, 0.2) is 50.6 Å². The van der Waals surface area contributed by atoms with E-state index < -0.39 is 0 Å². The van der Waals surface area contributed by atoms with Gasteiger partial charge in [0.05, 0.1) is 17.6 Å². The monoisotopic (exact) mass is 406 g/mol. The molecule has 124 valence electrons. The molecule has 6 nitrogen and oxygen atoms in total. The molecule has 0 bridgehead atoms. The minimum Gasteiger partial charge on any atom is -0.469 e. The fraction of sp³-hybridized carbons (Fsp3) is 0.188. The first kappa shape index (κ1) is 16.8. The van der Waals surface area contributed by atoms with Crippen LogP contribution in [-0.4, -0.2) is 26.4 Å². The molecule has 3 aromatic rings. The molecule has 2 heterocycles. The number of hydrogen-bond donors (Lipinski definition) is 1. The van der Waals surface area contributed by atoms with E-state index in [9.17, 15) is 4.79 Å². The second-order valence-corrected chi connectivity index (χ2v) is 6.96. The summed E-state index contributed by atoms with van der Waals surface area (Å²) in [7, 11) is 1.87. The van der Waals surface area contributed by atoms with Gasteiger partial charge in [-0.2, -0.15) is 0 Å². The number of aromatic nitrogens is 3. The zero-order valence-corrected chi connectivity index (χ0v) is 15.5. The van der Waals surface area contributed by atoms with E-state index in [1.165, 1.54) is 11.8 Å². The van der Waals surface area contributed by atoms with Crippen molar-refractivity contribution >= 4 is 39.3 Å². The molecule has 0 atom stereocenters. The number of carbonyl (C=O) groups excluding carboxylic acids is 1. The normalized spacial score (nSPS) is 10.8. The number of nitrogens with one attached hydrogen (secondary N) is 1. The molecule has 1 amide bonds. The average Bonchev–Trinajstić information content (AvgIpc) is 3.11. The zero-order valence-electron chi connectivity index (χ0n) is 13.1. The predicted octanol–water partition coefficient (Wildman–Crippen LogP) is 3.88. The van der Waals surface area contributed by atoms with E-state index in [1.54, 1.807) is 6.26 Å². The maximum atomic E-state index is 12.1. The molecule has 0 aliphatic heterocycles. The smallest absolute Gasteiger partial charge is 0.234 e. The van der Waals surface area contributed by atoms with E-state index in [0.29, 0.717) is 5.16 Å². The van der Waals surface area contributed by atoms with E-state index in [-0.39, 0.29) is 11.7 Å². The van der Waals surface area contributed by atoms with Crippen LogP contribution < -0.4 is 5.32 Å². The molecule has 24 heavy (non-hydrogen) atoms. The fourth-order valence-corrected chi connectivity index (χ4v) is 3.30. The van der Waals surface area contributed by atoms with Gasteiger partial charge in [0.2, 0.25) is 5.91 Å². The summed E-state index contributed by atoms with van der Waals surface area (Å²) in [6.45, 7) is 1.88. The van der Waals surface area contributed by atoms with Crippen molar-refractivity contribution in [1.82, 2.24) is 14.8 Å². The first-order valence-electron chi connectivity index (χ1n) is 7.16. The van der Waals surface area contributed by atoms with Gasteiger partial charge in [0.1, 0.15) is 5.76 Å². The number of aryl methyl sites for hydroxylation is 1.